The predicted octanol–water partition coefficient (Wildman–Crippen LogP) is 2.23. The molecule has 0 aliphatic carbocycles. The minimum absolute atomic E-state index is 0.329. The van der Waals surface area contributed by atoms with Crippen LogP contribution in [0.4, 0.5) is 0 Å². The Hall–Kier alpha value is -1.13. The lowest BCUT2D eigenvalue weighted by Gasteiger charge is -2.26. The van der Waals surface area contributed by atoms with Crippen LogP contribution < -0.4 is 10.1 Å². The van der Waals surface area contributed by atoms with Crippen molar-refractivity contribution in [3.63, 3.8) is 0 Å². The van der Waals surface area contributed by atoms with E-state index in [1.165, 1.54) is 37.9 Å². The first kappa shape index (κ1) is 14.3. The van der Waals surface area contributed by atoms with Gasteiger partial charge in [0.2, 0.25) is 5.88 Å². The molecule has 1 fully saturated rings. The van der Waals surface area contributed by atoms with Crippen LogP contribution in [0.3, 0.4) is 0 Å². The maximum atomic E-state index is 5.70. The fourth-order valence-electron chi connectivity index (χ4n) is 2.36. The summed E-state index contributed by atoms with van der Waals surface area (Å²) < 4.78 is 5.70. The summed E-state index contributed by atoms with van der Waals surface area (Å²) in [6, 6.07) is 4.36. The van der Waals surface area contributed by atoms with Crippen molar-refractivity contribution in [2.24, 2.45) is 0 Å². The van der Waals surface area contributed by atoms with Gasteiger partial charge in [-0.05, 0) is 45.5 Å². The number of hydrogen-bond acceptors (Lipinski definition) is 4. The Bertz CT molecular complexity index is 360. The second-order valence-corrected chi connectivity index (χ2v) is 5.19. The molecule has 1 N–H and O–H groups in total. The third kappa shape index (κ3) is 4.48. The average molecular weight is 263 g/mol. The van der Waals surface area contributed by atoms with Crippen molar-refractivity contribution in [1.29, 1.82) is 0 Å². The SMILES string of the molecule is CNC(C)c1ccc(OCCN2CCCCC2)nc1. The van der Waals surface area contributed by atoms with E-state index in [1.54, 1.807) is 0 Å². The van der Waals surface area contributed by atoms with Crippen LogP contribution in [0.2, 0.25) is 0 Å². The van der Waals surface area contributed by atoms with E-state index in [-0.39, 0.29) is 0 Å². The van der Waals surface area contributed by atoms with Gasteiger partial charge in [-0.2, -0.15) is 0 Å². The molecule has 0 amide bonds. The monoisotopic (exact) mass is 263 g/mol. The topological polar surface area (TPSA) is 37.4 Å². The third-order valence-electron chi connectivity index (χ3n) is 3.80. The third-order valence-corrected chi connectivity index (χ3v) is 3.80. The number of rotatable bonds is 6. The molecule has 1 aliphatic rings. The van der Waals surface area contributed by atoms with E-state index in [2.05, 4.69) is 28.2 Å². The van der Waals surface area contributed by atoms with Crippen molar-refractivity contribution >= 4 is 0 Å². The zero-order chi connectivity index (χ0) is 13.5. The van der Waals surface area contributed by atoms with Gasteiger partial charge in [0.25, 0.3) is 0 Å². The number of hydrogen-bond donors (Lipinski definition) is 1. The van der Waals surface area contributed by atoms with Gasteiger partial charge in [-0.1, -0.05) is 12.5 Å². The lowest BCUT2D eigenvalue weighted by molar-refractivity contribution is 0.180. The van der Waals surface area contributed by atoms with Crippen molar-refractivity contribution in [3.8, 4) is 5.88 Å². The Kier molecular flexibility index (Phi) is 5.61. The first-order valence-electron chi connectivity index (χ1n) is 7.28. The fourth-order valence-corrected chi connectivity index (χ4v) is 2.36. The highest BCUT2D eigenvalue weighted by molar-refractivity contribution is 5.20. The molecule has 106 valence electrons. The minimum Gasteiger partial charge on any atom is -0.476 e. The molecule has 4 nitrogen and oxygen atoms in total. The van der Waals surface area contributed by atoms with Crippen LogP contribution in [-0.4, -0.2) is 43.2 Å². The Morgan fingerprint density at radius 1 is 1.32 bits per heavy atom. The summed E-state index contributed by atoms with van der Waals surface area (Å²) in [5.74, 6) is 0.726. The van der Waals surface area contributed by atoms with E-state index in [4.69, 9.17) is 4.74 Å². The molecule has 0 saturated carbocycles. The molecule has 1 atom stereocenters. The molecular weight excluding hydrogens is 238 g/mol. The molecule has 1 saturated heterocycles. The minimum atomic E-state index is 0.329. The van der Waals surface area contributed by atoms with Crippen molar-refractivity contribution in [2.75, 3.05) is 33.3 Å². The number of piperidine rings is 1. The fraction of sp³-hybridized carbons (Fsp3) is 0.667. The molecule has 0 spiro atoms. The van der Waals surface area contributed by atoms with Gasteiger partial charge in [0.15, 0.2) is 0 Å². The summed E-state index contributed by atoms with van der Waals surface area (Å²) in [6.45, 7) is 6.29. The number of ether oxygens (including phenoxy) is 1. The molecular formula is C15H25N3O. The first-order valence-corrected chi connectivity index (χ1v) is 7.28. The normalized spacial score (nSPS) is 18.2. The molecule has 1 aromatic heterocycles. The lowest BCUT2D eigenvalue weighted by Crippen LogP contribution is -2.33. The summed E-state index contributed by atoms with van der Waals surface area (Å²) in [6.07, 6.45) is 5.92. The highest BCUT2D eigenvalue weighted by Crippen LogP contribution is 2.14. The van der Waals surface area contributed by atoms with Crippen molar-refractivity contribution in [3.05, 3.63) is 23.9 Å². The summed E-state index contributed by atoms with van der Waals surface area (Å²) >= 11 is 0. The molecule has 1 unspecified atom stereocenters. The molecule has 2 heterocycles. The van der Waals surface area contributed by atoms with E-state index < -0.39 is 0 Å². The van der Waals surface area contributed by atoms with E-state index >= 15 is 0 Å². The van der Waals surface area contributed by atoms with Gasteiger partial charge in [0, 0.05) is 24.8 Å². The van der Waals surface area contributed by atoms with Crippen molar-refractivity contribution in [2.45, 2.75) is 32.2 Å². The molecule has 0 bridgehead atoms. The number of nitrogens with zero attached hydrogens (tertiary/aromatic N) is 2. The molecule has 0 radical (unpaired) electrons. The maximum absolute atomic E-state index is 5.70. The van der Waals surface area contributed by atoms with Crippen LogP contribution in [0.15, 0.2) is 18.3 Å². The molecule has 1 aromatic rings. The Labute approximate surface area is 116 Å². The number of nitrogens with one attached hydrogen (secondary N) is 1. The summed E-state index contributed by atoms with van der Waals surface area (Å²) in [5.41, 5.74) is 1.19. The second kappa shape index (κ2) is 7.46. The van der Waals surface area contributed by atoms with E-state index in [0.717, 1.165) is 19.0 Å². The van der Waals surface area contributed by atoms with E-state index in [9.17, 15) is 0 Å². The van der Waals surface area contributed by atoms with Gasteiger partial charge >= 0.3 is 0 Å². The van der Waals surface area contributed by atoms with Crippen LogP contribution in [0, 0.1) is 0 Å². The Morgan fingerprint density at radius 3 is 2.74 bits per heavy atom. The van der Waals surface area contributed by atoms with Gasteiger partial charge in [0.1, 0.15) is 6.61 Å². The molecule has 2 rings (SSSR count). The summed E-state index contributed by atoms with van der Waals surface area (Å²) in [7, 11) is 1.95. The van der Waals surface area contributed by atoms with Crippen molar-refractivity contribution < 1.29 is 4.74 Å². The van der Waals surface area contributed by atoms with E-state index in [1.807, 2.05) is 19.3 Å². The maximum Gasteiger partial charge on any atom is 0.213 e. The Balaban J connectivity index is 1.73. The van der Waals surface area contributed by atoms with Gasteiger partial charge in [-0.3, -0.25) is 4.90 Å². The quantitative estimate of drug-likeness (QED) is 0.854. The lowest BCUT2D eigenvalue weighted by atomic mass is 10.1. The number of pyridine rings is 1. The smallest absolute Gasteiger partial charge is 0.213 e. The summed E-state index contributed by atoms with van der Waals surface area (Å²) in [4.78, 5) is 6.82. The molecule has 0 aromatic carbocycles. The highest BCUT2D eigenvalue weighted by atomic mass is 16.5. The van der Waals surface area contributed by atoms with Gasteiger partial charge in [-0.15, -0.1) is 0 Å². The zero-order valence-electron chi connectivity index (χ0n) is 12.1. The largest absolute Gasteiger partial charge is 0.476 e. The highest BCUT2D eigenvalue weighted by Gasteiger charge is 2.09. The van der Waals surface area contributed by atoms with Gasteiger partial charge < -0.3 is 10.1 Å². The van der Waals surface area contributed by atoms with Gasteiger partial charge in [0.05, 0.1) is 0 Å². The van der Waals surface area contributed by atoms with E-state index in [0.29, 0.717) is 6.04 Å². The van der Waals surface area contributed by atoms with Crippen LogP contribution in [0.25, 0.3) is 0 Å². The first-order chi connectivity index (χ1) is 9.29. The van der Waals surface area contributed by atoms with Gasteiger partial charge in [-0.25, -0.2) is 4.98 Å². The second-order valence-electron chi connectivity index (χ2n) is 5.19. The average Bonchev–Trinajstić information content (AvgIpc) is 2.48. The van der Waals surface area contributed by atoms with Crippen LogP contribution in [0.5, 0.6) is 5.88 Å². The molecule has 1 aliphatic heterocycles. The number of aromatic nitrogens is 1. The standard InChI is InChI=1S/C15H25N3O/c1-13(16-2)14-6-7-15(17-12-14)19-11-10-18-8-4-3-5-9-18/h6-7,12-13,16H,3-5,8-11H2,1-2H3. The van der Waals surface area contributed by atoms with Crippen LogP contribution in [-0.2, 0) is 0 Å². The Morgan fingerprint density at radius 2 is 2.11 bits per heavy atom. The molecule has 4 heteroatoms. The zero-order valence-corrected chi connectivity index (χ0v) is 12.1. The predicted molar refractivity (Wildman–Crippen MR) is 77.5 cm³/mol. The van der Waals surface area contributed by atoms with Crippen molar-refractivity contribution in [1.82, 2.24) is 15.2 Å². The summed E-state index contributed by atoms with van der Waals surface area (Å²) in [5, 5.41) is 3.20. The van der Waals surface area contributed by atoms with Crippen LogP contribution >= 0.6 is 0 Å². The van der Waals surface area contributed by atoms with Crippen LogP contribution in [0.1, 0.15) is 37.8 Å². The molecule has 19 heavy (non-hydrogen) atoms. The number of likely N-dealkylation sites (tertiary alicyclic amines) is 1.